The Hall–Kier alpha value is -2.03. The lowest BCUT2D eigenvalue weighted by Gasteiger charge is -2.24. The van der Waals surface area contributed by atoms with Gasteiger partial charge >= 0.3 is 5.97 Å². The molecule has 3 nitrogen and oxygen atoms in total. The Morgan fingerprint density at radius 2 is 1.89 bits per heavy atom. The zero-order valence-electron chi connectivity index (χ0n) is 11.3. The van der Waals surface area contributed by atoms with Gasteiger partial charge in [0.15, 0.2) is 0 Å². The Morgan fingerprint density at radius 1 is 1.21 bits per heavy atom. The van der Waals surface area contributed by atoms with Crippen LogP contribution in [0.5, 0.6) is 0 Å². The first-order chi connectivity index (χ1) is 9.13. The van der Waals surface area contributed by atoms with Gasteiger partial charge in [-0.05, 0) is 17.9 Å². The monoisotopic (exact) mass is 257 g/mol. The first-order valence-electron chi connectivity index (χ1n) is 6.55. The Morgan fingerprint density at radius 3 is 2.58 bits per heavy atom. The van der Waals surface area contributed by atoms with Crippen molar-refractivity contribution in [2.45, 2.75) is 13.3 Å². The third-order valence-electron chi connectivity index (χ3n) is 3.51. The Labute approximate surface area is 113 Å². The van der Waals surface area contributed by atoms with Crippen molar-refractivity contribution in [2.24, 2.45) is 5.92 Å². The lowest BCUT2D eigenvalue weighted by Crippen LogP contribution is -2.30. The molecule has 1 unspecified atom stereocenters. The largest absolute Gasteiger partial charge is 0.481 e. The van der Waals surface area contributed by atoms with E-state index in [0.29, 0.717) is 13.0 Å². The zero-order chi connectivity index (χ0) is 13.8. The highest BCUT2D eigenvalue weighted by molar-refractivity contribution is 5.94. The number of carbonyl (C=O) groups is 1. The van der Waals surface area contributed by atoms with Gasteiger partial charge in [0, 0.05) is 24.7 Å². The van der Waals surface area contributed by atoms with Crippen LogP contribution in [0.15, 0.2) is 42.5 Å². The van der Waals surface area contributed by atoms with Crippen LogP contribution in [0.4, 0.5) is 5.69 Å². The van der Waals surface area contributed by atoms with Crippen molar-refractivity contribution in [3.8, 4) is 0 Å². The molecule has 0 heterocycles. The van der Waals surface area contributed by atoms with Crippen LogP contribution in [0, 0.1) is 5.92 Å². The van der Waals surface area contributed by atoms with Gasteiger partial charge < -0.3 is 10.0 Å². The van der Waals surface area contributed by atoms with E-state index < -0.39 is 5.97 Å². The van der Waals surface area contributed by atoms with E-state index in [4.69, 9.17) is 5.11 Å². The maximum absolute atomic E-state index is 11.1. The number of nitrogens with zero attached hydrogens (tertiary/aromatic N) is 1. The van der Waals surface area contributed by atoms with Crippen molar-refractivity contribution in [3.05, 3.63) is 42.5 Å². The van der Waals surface area contributed by atoms with Crippen LogP contribution in [-0.2, 0) is 4.79 Å². The highest BCUT2D eigenvalue weighted by atomic mass is 16.4. The molecule has 0 aromatic heterocycles. The van der Waals surface area contributed by atoms with Crippen molar-refractivity contribution < 1.29 is 9.90 Å². The van der Waals surface area contributed by atoms with Crippen molar-refractivity contribution in [3.63, 3.8) is 0 Å². The number of carboxylic acids is 1. The molecule has 1 atom stereocenters. The molecule has 0 fully saturated rings. The average Bonchev–Trinajstić information content (AvgIpc) is 2.43. The second-order valence-electron chi connectivity index (χ2n) is 4.82. The first kappa shape index (κ1) is 13.4. The molecule has 19 heavy (non-hydrogen) atoms. The van der Waals surface area contributed by atoms with Crippen molar-refractivity contribution in [2.75, 3.05) is 18.5 Å². The number of carboxylic acid groups (broad SMARTS) is 1. The summed E-state index contributed by atoms with van der Waals surface area (Å²) in [5, 5.41) is 11.5. The predicted octanol–water partition coefficient (Wildman–Crippen LogP) is 3.39. The third kappa shape index (κ3) is 2.87. The number of benzene rings is 2. The van der Waals surface area contributed by atoms with Gasteiger partial charge in [-0.3, -0.25) is 4.79 Å². The van der Waals surface area contributed by atoms with Crippen LogP contribution in [0.3, 0.4) is 0 Å². The van der Waals surface area contributed by atoms with E-state index in [1.807, 2.05) is 43.1 Å². The highest BCUT2D eigenvalue weighted by Crippen LogP contribution is 2.26. The molecule has 3 heteroatoms. The lowest BCUT2D eigenvalue weighted by molar-refractivity contribution is -0.141. The summed E-state index contributed by atoms with van der Waals surface area (Å²) < 4.78 is 0. The minimum Gasteiger partial charge on any atom is -0.481 e. The van der Waals surface area contributed by atoms with Crippen molar-refractivity contribution in [1.29, 1.82) is 0 Å². The van der Waals surface area contributed by atoms with E-state index >= 15 is 0 Å². The second-order valence-corrected chi connectivity index (χ2v) is 4.82. The van der Waals surface area contributed by atoms with Crippen LogP contribution in [0.1, 0.15) is 13.3 Å². The summed E-state index contributed by atoms with van der Waals surface area (Å²) in [6.07, 6.45) is 0.643. The van der Waals surface area contributed by atoms with Crippen LogP contribution in [0.25, 0.3) is 10.8 Å². The lowest BCUT2D eigenvalue weighted by atomic mass is 10.0. The fraction of sp³-hybridized carbons (Fsp3) is 0.312. The van der Waals surface area contributed by atoms with Gasteiger partial charge in [0.05, 0.1) is 5.92 Å². The Bertz CT molecular complexity index is 574. The minimum atomic E-state index is -0.727. The molecule has 0 aliphatic carbocycles. The summed E-state index contributed by atoms with van der Waals surface area (Å²) in [7, 11) is 1.95. The molecular weight excluding hydrogens is 238 g/mol. The molecule has 0 saturated heterocycles. The quantitative estimate of drug-likeness (QED) is 0.892. The van der Waals surface area contributed by atoms with Crippen molar-refractivity contribution in [1.82, 2.24) is 0 Å². The van der Waals surface area contributed by atoms with E-state index in [-0.39, 0.29) is 5.92 Å². The molecule has 0 aliphatic rings. The summed E-state index contributed by atoms with van der Waals surface area (Å²) >= 11 is 0. The summed E-state index contributed by atoms with van der Waals surface area (Å²) in [5.41, 5.74) is 1.08. The molecule has 0 bridgehead atoms. The topological polar surface area (TPSA) is 40.5 Å². The summed E-state index contributed by atoms with van der Waals surface area (Å²) in [6, 6.07) is 14.3. The average molecular weight is 257 g/mol. The van der Waals surface area contributed by atoms with Gasteiger partial charge in [0.25, 0.3) is 0 Å². The van der Waals surface area contributed by atoms with Crippen LogP contribution >= 0.6 is 0 Å². The van der Waals surface area contributed by atoms with E-state index in [1.54, 1.807) is 0 Å². The molecule has 0 aliphatic heterocycles. The molecule has 100 valence electrons. The second kappa shape index (κ2) is 5.74. The standard InChI is InChI=1S/C16H19NO2/c1-3-12(16(18)19)11-17(2)15-10-6-8-13-7-4-5-9-14(13)15/h4-10,12H,3,11H2,1-2H3,(H,18,19). The number of anilines is 1. The maximum Gasteiger partial charge on any atom is 0.308 e. The van der Waals surface area contributed by atoms with Gasteiger partial charge in [-0.15, -0.1) is 0 Å². The first-order valence-corrected chi connectivity index (χ1v) is 6.55. The van der Waals surface area contributed by atoms with Crippen LogP contribution in [-0.4, -0.2) is 24.7 Å². The number of hydrogen-bond donors (Lipinski definition) is 1. The third-order valence-corrected chi connectivity index (χ3v) is 3.51. The summed E-state index contributed by atoms with van der Waals surface area (Å²) in [6.45, 7) is 2.44. The molecule has 0 saturated carbocycles. The minimum absolute atomic E-state index is 0.330. The van der Waals surface area contributed by atoms with Gasteiger partial charge in [-0.2, -0.15) is 0 Å². The van der Waals surface area contributed by atoms with Gasteiger partial charge in [0.1, 0.15) is 0 Å². The molecule has 0 radical (unpaired) electrons. The normalized spacial score (nSPS) is 12.3. The number of rotatable bonds is 5. The molecule has 2 rings (SSSR count). The maximum atomic E-state index is 11.1. The van der Waals surface area contributed by atoms with Crippen LogP contribution in [0.2, 0.25) is 0 Å². The highest BCUT2D eigenvalue weighted by Gasteiger charge is 2.18. The molecule has 1 N–H and O–H groups in total. The predicted molar refractivity (Wildman–Crippen MR) is 78.6 cm³/mol. The number of fused-ring (bicyclic) bond motifs is 1. The molecule has 2 aromatic carbocycles. The van der Waals surface area contributed by atoms with E-state index in [9.17, 15) is 4.79 Å². The van der Waals surface area contributed by atoms with E-state index in [0.717, 1.165) is 11.1 Å². The summed E-state index contributed by atoms with van der Waals surface area (Å²) in [5.74, 6) is -1.06. The van der Waals surface area contributed by atoms with Gasteiger partial charge in [-0.25, -0.2) is 0 Å². The van der Waals surface area contributed by atoms with E-state index in [1.165, 1.54) is 5.39 Å². The van der Waals surface area contributed by atoms with E-state index in [2.05, 4.69) is 18.2 Å². The number of hydrogen-bond acceptors (Lipinski definition) is 2. The molecule has 0 amide bonds. The zero-order valence-corrected chi connectivity index (χ0v) is 11.3. The molecular formula is C16H19NO2. The fourth-order valence-corrected chi connectivity index (χ4v) is 2.35. The summed E-state index contributed by atoms with van der Waals surface area (Å²) in [4.78, 5) is 13.2. The van der Waals surface area contributed by atoms with Crippen molar-refractivity contribution >= 4 is 22.4 Å². The Kier molecular flexibility index (Phi) is 4.05. The fourth-order valence-electron chi connectivity index (χ4n) is 2.35. The van der Waals surface area contributed by atoms with Gasteiger partial charge in [0.2, 0.25) is 0 Å². The molecule has 2 aromatic rings. The Balaban J connectivity index is 2.31. The molecule has 0 spiro atoms. The smallest absolute Gasteiger partial charge is 0.308 e. The van der Waals surface area contributed by atoms with Crippen LogP contribution < -0.4 is 4.90 Å². The van der Waals surface area contributed by atoms with Gasteiger partial charge in [-0.1, -0.05) is 43.3 Å². The SMILES string of the molecule is CCC(CN(C)c1cccc2ccccc12)C(=O)O. The number of aliphatic carboxylic acids is 1.